The largest absolute Gasteiger partial charge is 0.369 e. The van der Waals surface area contributed by atoms with Crippen molar-refractivity contribution >= 4 is 33.3 Å². The third kappa shape index (κ3) is 2.85. The first-order chi connectivity index (χ1) is 11.7. The SMILES string of the molecule is Nc1nc(NC2CCCNC2)c(-c2nc3ccccc3s2)c(=O)[nH]1. The highest BCUT2D eigenvalue weighted by Crippen LogP contribution is 2.32. The first kappa shape index (κ1) is 15.1. The highest BCUT2D eigenvalue weighted by Gasteiger charge is 2.20. The van der Waals surface area contributed by atoms with Crippen LogP contribution in [0.25, 0.3) is 20.8 Å². The van der Waals surface area contributed by atoms with Crippen LogP contribution in [0.4, 0.5) is 11.8 Å². The fourth-order valence-corrected chi connectivity index (χ4v) is 3.95. The van der Waals surface area contributed by atoms with E-state index in [1.54, 1.807) is 0 Å². The molecule has 3 aromatic rings. The minimum absolute atomic E-state index is 0.108. The fourth-order valence-electron chi connectivity index (χ4n) is 2.94. The number of para-hydroxylation sites is 1. The van der Waals surface area contributed by atoms with E-state index in [0.29, 0.717) is 16.4 Å². The van der Waals surface area contributed by atoms with E-state index >= 15 is 0 Å². The van der Waals surface area contributed by atoms with E-state index in [2.05, 4.69) is 25.6 Å². The number of fused-ring (bicyclic) bond motifs is 1. The van der Waals surface area contributed by atoms with Crippen LogP contribution in [0, 0.1) is 0 Å². The maximum Gasteiger partial charge on any atom is 0.264 e. The summed E-state index contributed by atoms with van der Waals surface area (Å²) in [5, 5.41) is 7.36. The summed E-state index contributed by atoms with van der Waals surface area (Å²) >= 11 is 1.48. The first-order valence-electron chi connectivity index (χ1n) is 7.94. The molecule has 2 aromatic heterocycles. The number of piperidine rings is 1. The third-order valence-electron chi connectivity index (χ3n) is 4.08. The van der Waals surface area contributed by atoms with E-state index < -0.39 is 0 Å². The van der Waals surface area contributed by atoms with Crippen molar-refractivity contribution in [2.24, 2.45) is 0 Å². The van der Waals surface area contributed by atoms with Crippen LogP contribution in [0.2, 0.25) is 0 Å². The number of hydrogen-bond donors (Lipinski definition) is 4. The molecule has 0 aliphatic carbocycles. The standard InChI is InChI=1S/C16H18N6OS/c17-16-21-13(19-9-4-3-7-18-8-9)12(14(23)22-16)15-20-10-5-1-2-6-11(10)24-15/h1-2,5-6,9,18H,3-4,7-8H2,(H4,17,19,21,22,23). The normalized spacial score (nSPS) is 17.9. The molecular formula is C16H18N6OS. The molecule has 0 radical (unpaired) electrons. The molecule has 1 atom stereocenters. The minimum atomic E-state index is -0.271. The lowest BCUT2D eigenvalue weighted by Crippen LogP contribution is -2.39. The molecule has 0 spiro atoms. The van der Waals surface area contributed by atoms with E-state index in [0.717, 1.165) is 36.1 Å². The molecular weight excluding hydrogens is 324 g/mol. The summed E-state index contributed by atoms with van der Waals surface area (Å²) in [5.41, 5.74) is 6.81. The second kappa shape index (κ2) is 6.21. The molecule has 8 heteroatoms. The van der Waals surface area contributed by atoms with Gasteiger partial charge < -0.3 is 16.4 Å². The molecule has 0 amide bonds. The Kier molecular flexibility index (Phi) is 3.91. The van der Waals surface area contributed by atoms with Crippen LogP contribution >= 0.6 is 11.3 Å². The number of nitrogen functional groups attached to an aromatic ring is 1. The van der Waals surface area contributed by atoms with Crippen LogP contribution in [0.1, 0.15) is 12.8 Å². The van der Waals surface area contributed by atoms with E-state index in [1.807, 2.05) is 24.3 Å². The summed E-state index contributed by atoms with van der Waals surface area (Å²) in [4.78, 5) is 24.0. The van der Waals surface area contributed by atoms with Gasteiger partial charge in [-0.15, -0.1) is 11.3 Å². The Bertz CT molecular complexity index is 895. The van der Waals surface area contributed by atoms with Gasteiger partial charge in [0.05, 0.1) is 10.2 Å². The zero-order valence-electron chi connectivity index (χ0n) is 13.0. The predicted octanol–water partition coefficient (Wildman–Crippen LogP) is 1.79. The van der Waals surface area contributed by atoms with Crippen LogP contribution in [0.5, 0.6) is 0 Å². The summed E-state index contributed by atoms with van der Waals surface area (Å²) in [5.74, 6) is 0.611. The average Bonchev–Trinajstić information content (AvgIpc) is 2.98. The maximum absolute atomic E-state index is 12.5. The smallest absolute Gasteiger partial charge is 0.264 e. The molecule has 24 heavy (non-hydrogen) atoms. The zero-order chi connectivity index (χ0) is 16.5. The summed E-state index contributed by atoms with van der Waals surface area (Å²) in [7, 11) is 0. The van der Waals surface area contributed by atoms with Gasteiger partial charge in [-0.3, -0.25) is 9.78 Å². The highest BCUT2D eigenvalue weighted by molar-refractivity contribution is 7.21. The van der Waals surface area contributed by atoms with Crippen LogP contribution in [0.15, 0.2) is 29.1 Å². The van der Waals surface area contributed by atoms with Crippen molar-refractivity contribution in [2.75, 3.05) is 24.1 Å². The maximum atomic E-state index is 12.5. The van der Waals surface area contributed by atoms with E-state index in [1.165, 1.54) is 11.3 Å². The van der Waals surface area contributed by atoms with E-state index in [-0.39, 0.29) is 17.5 Å². The summed E-state index contributed by atoms with van der Waals surface area (Å²) in [6.07, 6.45) is 2.12. The molecule has 7 nitrogen and oxygen atoms in total. The average molecular weight is 342 g/mol. The molecule has 5 N–H and O–H groups in total. The van der Waals surface area contributed by atoms with E-state index in [4.69, 9.17) is 5.73 Å². The molecule has 1 saturated heterocycles. The molecule has 1 aliphatic rings. The Balaban J connectivity index is 1.79. The topological polar surface area (TPSA) is 109 Å². The van der Waals surface area contributed by atoms with Crippen molar-refractivity contribution in [2.45, 2.75) is 18.9 Å². The van der Waals surface area contributed by atoms with Gasteiger partial charge in [-0.05, 0) is 31.5 Å². The van der Waals surface area contributed by atoms with E-state index in [9.17, 15) is 4.79 Å². The number of thiazole rings is 1. The summed E-state index contributed by atoms with van der Waals surface area (Å²) < 4.78 is 1.04. The molecule has 1 unspecified atom stereocenters. The molecule has 0 saturated carbocycles. The van der Waals surface area contributed by atoms with Gasteiger partial charge in [0.2, 0.25) is 5.95 Å². The molecule has 124 valence electrons. The number of aromatic nitrogens is 3. The number of benzene rings is 1. The van der Waals surface area contributed by atoms with Gasteiger partial charge in [0.1, 0.15) is 16.4 Å². The third-order valence-corrected chi connectivity index (χ3v) is 5.14. The summed E-state index contributed by atoms with van der Waals surface area (Å²) in [6, 6.07) is 8.05. The summed E-state index contributed by atoms with van der Waals surface area (Å²) in [6.45, 7) is 1.86. The van der Waals surface area contributed by atoms with Crippen molar-refractivity contribution in [1.29, 1.82) is 0 Å². The molecule has 3 heterocycles. The molecule has 1 fully saturated rings. The number of H-pyrrole nitrogens is 1. The van der Waals surface area contributed by atoms with Crippen LogP contribution in [-0.4, -0.2) is 34.1 Å². The van der Waals surface area contributed by atoms with Crippen LogP contribution in [-0.2, 0) is 0 Å². The molecule has 0 bridgehead atoms. The second-order valence-electron chi connectivity index (χ2n) is 5.85. The molecule has 4 rings (SSSR count). The van der Waals surface area contributed by atoms with Gasteiger partial charge in [0.25, 0.3) is 5.56 Å². The van der Waals surface area contributed by atoms with Crippen molar-refractivity contribution in [3.63, 3.8) is 0 Å². The minimum Gasteiger partial charge on any atom is -0.369 e. The number of nitrogens with one attached hydrogen (secondary N) is 3. The Morgan fingerprint density at radius 2 is 2.17 bits per heavy atom. The fraction of sp³-hybridized carbons (Fsp3) is 0.312. The van der Waals surface area contributed by atoms with Gasteiger partial charge in [0, 0.05) is 12.6 Å². The van der Waals surface area contributed by atoms with Gasteiger partial charge in [0.15, 0.2) is 0 Å². The van der Waals surface area contributed by atoms with Gasteiger partial charge in [-0.2, -0.15) is 4.98 Å². The number of hydrogen-bond acceptors (Lipinski definition) is 7. The molecule has 1 aromatic carbocycles. The quantitative estimate of drug-likeness (QED) is 0.578. The van der Waals surface area contributed by atoms with Crippen molar-refractivity contribution in [3.8, 4) is 10.6 Å². The number of nitrogens with zero attached hydrogens (tertiary/aromatic N) is 2. The van der Waals surface area contributed by atoms with Gasteiger partial charge in [-0.25, -0.2) is 4.98 Å². The lowest BCUT2D eigenvalue weighted by atomic mass is 10.1. The monoisotopic (exact) mass is 342 g/mol. The Labute approximate surface area is 142 Å². The first-order valence-corrected chi connectivity index (χ1v) is 8.75. The van der Waals surface area contributed by atoms with Gasteiger partial charge in [-0.1, -0.05) is 12.1 Å². The van der Waals surface area contributed by atoms with Crippen LogP contribution in [0.3, 0.4) is 0 Å². The number of anilines is 2. The lowest BCUT2D eigenvalue weighted by molar-refractivity contribution is 0.479. The Morgan fingerprint density at radius 3 is 2.96 bits per heavy atom. The molecule has 1 aliphatic heterocycles. The number of aromatic amines is 1. The van der Waals surface area contributed by atoms with Crippen molar-refractivity contribution in [3.05, 3.63) is 34.6 Å². The predicted molar refractivity (Wildman–Crippen MR) is 97.4 cm³/mol. The van der Waals surface area contributed by atoms with Crippen molar-refractivity contribution < 1.29 is 0 Å². The Morgan fingerprint density at radius 1 is 1.29 bits per heavy atom. The second-order valence-corrected chi connectivity index (χ2v) is 6.88. The Hall–Kier alpha value is -2.45. The highest BCUT2D eigenvalue weighted by atomic mass is 32.1. The number of nitrogens with two attached hydrogens (primary N) is 1. The zero-order valence-corrected chi connectivity index (χ0v) is 13.8. The van der Waals surface area contributed by atoms with Crippen LogP contribution < -0.4 is 21.9 Å². The lowest BCUT2D eigenvalue weighted by Gasteiger charge is -2.24. The number of rotatable bonds is 3. The van der Waals surface area contributed by atoms with Gasteiger partial charge >= 0.3 is 0 Å². The van der Waals surface area contributed by atoms with Crippen molar-refractivity contribution in [1.82, 2.24) is 20.3 Å².